The number of aliphatic hydroxyl groups excluding tert-OH is 3. The topological polar surface area (TPSA) is 98.0 Å². The number of halogens is 1. The van der Waals surface area contributed by atoms with Crippen LogP contribution in [0.3, 0.4) is 0 Å². The summed E-state index contributed by atoms with van der Waals surface area (Å²) < 4.78 is 13.9. The van der Waals surface area contributed by atoms with Gasteiger partial charge in [0.25, 0.3) is 0 Å². The Kier molecular flexibility index (Phi) is 9.95. The van der Waals surface area contributed by atoms with Crippen LogP contribution in [0.5, 0.6) is 0 Å². The van der Waals surface area contributed by atoms with E-state index in [-0.39, 0.29) is 24.1 Å². The van der Waals surface area contributed by atoms with Crippen LogP contribution in [0.2, 0.25) is 0 Å². The molecule has 1 aromatic rings. The molecule has 6 heteroatoms. The van der Waals surface area contributed by atoms with Crippen molar-refractivity contribution in [2.45, 2.75) is 83.0 Å². The van der Waals surface area contributed by atoms with Crippen molar-refractivity contribution in [3.05, 3.63) is 41.2 Å². The summed E-state index contributed by atoms with van der Waals surface area (Å²) in [5.41, 5.74) is 1.27. The standard InChI is InChI=1S/C24H35FO5/c1-16-8-9-17(21(25)14-16)10-11-18(26)12-13-20-19(22(27)15-23(20)28)6-4-2-3-5-7-24(29)30/h8-11,14,18-20,22-23,26-28H,2-7,12-13,15H2,1H3,(H,29,30)/t18?,19-,20-,22+,23-/m1/s1. The largest absolute Gasteiger partial charge is 0.481 e. The van der Waals surface area contributed by atoms with Crippen LogP contribution in [0.25, 0.3) is 6.08 Å². The average molecular weight is 423 g/mol. The van der Waals surface area contributed by atoms with Crippen LogP contribution in [0.1, 0.15) is 68.9 Å². The highest BCUT2D eigenvalue weighted by atomic mass is 19.1. The zero-order chi connectivity index (χ0) is 22.1. The maximum Gasteiger partial charge on any atom is 0.303 e. The fraction of sp³-hybridized carbons (Fsp3) is 0.625. The molecule has 0 heterocycles. The van der Waals surface area contributed by atoms with Crippen molar-refractivity contribution in [1.29, 1.82) is 0 Å². The number of aliphatic hydroxyl groups is 3. The van der Waals surface area contributed by atoms with Gasteiger partial charge in [0.2, 0.25) is 0 Å². The SMILES string of the molecule is Cc1ccc(C=CC(O)CC[C@@H]2[C@@H](CCCCCCC(=O)O)[C@@H](O)C[C@H]2O)c(F)c1. The van der Waals surface area contributed by atoms with Gasteiger partial charge >= 0.3 is 5.97 Å². The van der Waals surface area contributed by atoms with Crippen molar-refractivity contribution in [2.24, 2.45) is 11.8 Å². The van der Waals surface area contributed by atoms with Crippen molar-refractivity contribution >= 4 is 12.0 Å². The van der Waals surface area contributed by atoms with Crippen molar-refractivity contribution in [2.75, 3.05) is 0 Å². The normalized spacial score (nSPS) is 25.1. The molecule has 5 atom stereocenters. The predicted molar refractivity (Wildman–Crippen MR) is 114 cm³/mol. The average Bonchev–Trinajstić information content (AvgIpc) is 2.94. The fourth-order valence-corrected chi connectivity index (χ4v) is 4.43. The first-order chi connectivity index (χ1) is 14.3. The van der Waals surface area contributed by atoms with Gasteiger partial charge in [0.1, 0.15) is 5.82 Å². The molecule has 0 radical (unpaired) electrons. The lowest BCUT2D eigenvalue weighted by Gasteiger charge is -2.24. The van der Waals surface area contributed by atoms with Gasteiger partial charge in [-0.05, 0) is 62.5 Å². The molecule has 0 saturated heterocycles. The van der Waals surface area contributed by atoms with Crippen molar-refractivity contribution in [1.82, 2.24) is 0 Å². The molecule has 30 heavy (non-hydrogen) atoms. The molecule has 0 bridgehead atoms. The highest BCUT2D eigenvalue weighted by molar-refractivity contribution is 5.66. The summed E-state index contributed by atoms with van der Waals surface area (Å²) in [6.07, 6.45) is 6.95. The van der Waals surface area contributed by atoms with E-state index in [2.05, 4.69) is 0 Å². The van der Waals surface area contributed by atoms with Crippen molar-refractivity contribution in [3.8, 4) is 0 Å². The number of hydrogen-bond acceptors (Lipinski definition) is 4. The number of carboxylic acid groups (broad SMARTS) is 1. The lowest BCUT2D eigenvalue weighted by molar-refractivity contribution is -0.137. The number of carbonyl (C=O) groups is 1. The zero-order valence-electron chi connectivity index (χ0n) is 17.7. The zero-order valence-corrected chi connectivity index (χ0v) is 17.7. The summed E-state index contributed by atoms with van der Waals surface area (Å²) >= 11 is 0. The molecular weight excluding hydrogens is 387 g/mol. The smallest absolute Gasteiger partial charge is 0.303 e. The quantitative estimate of drug-likeness (QED) is 0.381. The second-order valence-electron chi connectivity index (χ2n) is 8.57. The lowest BCUT2D eigenvalue weighted by atomic mass is 9.85. The van der Waals surface area contributed by atoms with Gasteiger partial charge in [-0.25, -0.2) is 4.39 Å². The predicted octanol–water partition coefficient (Wildman–Crippen LogP) is 4.07. The first kappa shape index (κ1) is 24.5. The Morgan fingerprint density at radius 1 is 1.13 bits per heavy atom. The Morgan fingerprint density at radius 3 is 2.47 bits per heavy atom. The minimum Gasteiger partial charge on any atom is -0.481 e. The van der Waals surface area contributed by atoms with Crippen LogP contribution in [-0.2, 0) is 4.79 Å². The van der Waals surface area contributed by atoms with E-state index in [0.29, 0.717) is 31.2 Å². The van der Waals surface area contributed by atoms with E-state index in [1.807, 2.05) is 13.0 Å². The van der Waals surface area contributed by atoms with Gasteiger partial charge in [-0.2, -0.15) is 0 Å². The van der Waals surface area contributed by atoms with Gasteiger partial charge in [-0.15, -0.1) is 0 Å². The Hall–Kier alpha value is -1.76. The molecule has 1 fully saturated rings. The molecule has 1 unspecified atom stereocenters. The van der Waals surface area contributed by atoms with Crippen LogP contribution in [0.15, 0.2) is 24.3 Å². The van der Waals surface area contributed by atoms with E-state index in [9.17, 15) is 24.5 Å². The fourth-order valence-electron chi connectivity index (χ4n) is 4.43. The molecule has 0 amide bonds. The molecule has 0 spiro atoms. The third kappa shape index (κ3) is 7.82. The van der Waals surface area contributed by atoms with Crippen LogP contribution in [0, 0.1) is 24.6 Å². The molecule has 1 aliphatic carbocycles. The Morgan fingerprint density at radius 2 is 1.80 bits per heavy atom. The van der Waals surface area contributed by atoms with Crippen molar-refractivity contribution in [3.63, 3.8) is 0 Å². The summed E-state index contributed by atoms with van der Waals surface area (Å²) in [4.78, 5) is 10.5. The number of hydrogen-bond donors (Lipinski definition) is 4. The van der Waals surface area contributed by atoms with Gasteiger partial charge in [0, 0.05) is 12.0 Å². The number of benzene rings is 1. The highest BCUT2D eigenvalue weighted by Gasteiger charge is 2.40. The summed E-state index contributed by atoms with van der Waals surface area (Å²) in [6.45, 7) is 1.82. The first-order valence-electron chi connectivity index (χ1n) is 11.0. The second-order valence-corrected chi connectivity index (χ2v) is 8.57. The summed E-state index contributed by atoms with van der Waals surface area (Å²) in [6, 6.07) is 4.95. The van der Waals surface area contributed by atoms with Gasteiger partial charge in [-0.1, -0.05) is 43.5 Å². The third-order valence-corrected chi connectivity index (χ3v) is 6.15. The van der Waals surface area contributed by atoms with E-state index in [4.69, 9.17) is 5.11 Å². The number of unbranched alkanes of at least 4 members (excludes halogenated alkanes) is 3. The van der Waals surface area contributed by atoms with Crippen LogP contribution in [0.4, 0.5) is 4.39 Å². The Bertz CT molecular complexity index is 705. The summed E-state index contributed by atoms with van der Waals surface area (Å²) in [5.74, 6) is -1.18. The third-order valence-electron chi connectivity index (χ3n) is 6.15. The minimum absolute atomic E-state index is 0.00908. The first-order valence-corrected chi connectivity index (χ1v) is 11.0. The molecule has 1 saturated carbocycles. The van der Waals surface area contributed by atoms with Gasteiger partial charge in [0.15, 0.2) is 0 Å². The molecule has 0 aliphatic heterocycles. The molecule has 2 rings (SSSR count). The van der Waals surface area contributed by atoms with E-state index in [1.165, 1.54) is 6.07 Å². The molecule has 1 aliphatic rings. The maximum atomic E-state index is 13.9. The molecular formula is C24H35FO5. The highest BCUT2D eigenvalue weighted by Crippen LogP contribution is 2.39. The van der Waals surface area contributed by atoms with Crippen molar-refractivity contribution < 1.29 is 29.6 Å². The number of rotatable bonds is 12. The summed E-state index contributed by atoms with van der Waals surface area (Å²) in [5, 5.41) is 39.6. The van der Waals surface area contributed by atoms with Gasteiger partial charge < -0.3 is 20.4 Å². The molecule has 168 valence electrons. The van der Waals surface area contributed by atoms with Gasteiger partial charge in [0.05, 0.1) is 18.3 Å². The molecule has 4 N–H and O–H groups in total. The summed E-state index contributed by atoms with van der Waals surface area (Å²) in [7, 11) is 0. The van der Waals surface area contributed by atoms with E-state index in [1.54, 1.807) is 18.2 Å². The van der Waals surface area contributed by atoms with Crippen LogP contribution in [-0.4, -0.2) is 44.7 Å². The Balaban J connectivity index is 1.79. The minimum atomic E-state index is -0.776. The second kappa shape index (κ2) is 12.2. The number of aliphatic carboxylic acids is 1. The molecule has 1 aromatic carbocycles. The lowest BCUT2D eigenvalue weighted by Crippen LogP contribution is -2.23. The van der Waals surface area contributed by atoms with E-state index < -0.39 is 24.3 Å². The van der Waals surface area contributed by atoms with Crippen LogP contribution < -0.4 is 0 Å². The maximum absolute atomic E-state index is 13.9. The van der Waals surface area contributed by atoms with Gasteiger partial charge in [-0.3, -0.25) is 4.79 Å². The number of carboxylic acids is 1. The molecule has 5 nitrogen and oxygen atoms in total. The van der Waals surface area contributed by atoms with Crippen LogP contribution >= 0.6 is 0 Å². The number of aryl methyl sites for hydroxylation is 1. The molecule has 0 aromatic heterocycles. The van der Waals surface area contributed by atoms with E-state index in [0.717, 1.165) is 31.2 Å². The van der Waals surface area contributed by atoms with E-state index >= 15 is 0 Å². The monoisotopic (exact) mass is 422 g/mol. The Labute approximate surface area is 178 Å².